The van der Waals surface area contributed by atoms with Gasteiger partial charge >= 0.3 is 0 Å². The fourth-order valence-corrected chi connectivity index (χ4v) is 1.96. The van der Waals surface area contributed by atoms with Crippen LogP contribution in [-0.2, 0) is 7.05 Å². The lowest BCUT2D eigenvalue weighted by Gasteiger charge is -2.16. The largest absolute Gasteiger partial charge is 0.389 e. The number of rotatable bonds is 4. The number of hydrogen-bond donors (Lipinski definition) is 2. The highest BCUT2D eigenvalue weighted by Gasteiger charge is 2.17. The second-order valence-electron chi connectivity index (χ2n) is 5.90. The molecule has 0 bridgehead atoms. The number of amides is 1. The minimum atomic E-state index is -0.940. The summed E-state index contributed by atoms with van der Waals surface area (Å²) in [6.45, 7) is 5.50. The first-order valence-electron chi connectivity index (χ1n) is 6.88. The zero-order valence-electron chi connectivity index (χ0n) is 12.8. The lowest BCUT2D eigenvalue weighted by Crippen LogP contribution is -2.38. The number of aryl methyl sites for hydroxylation is 2. The van der Waals surface area contributed by atoms with Gasteiger partial charge in [-0.1, -0.05) is 29.8 Å². The monoisotopic (exact) mass is 287 g/mol. The van der Waals surface area contributed by atoms with Crippen LogP contribution in [-0.4, -0.2) is 32.9 Å². The molecule has 0 aliphatic rings. The van der Waals surface area contributed by atoms with Crippen LogP contribution in [0.15, 0.2) is 30.3 Å². The molecule has 0 spiro atoms. The van der Waals surface area contributed by atoms with Gasteiger partial charge in [0.15, 0.2) is 5.69 Å². The Balaban J connectivity index is 2.19. The summed E-state index contributed by atoms with van der Waals surface area (Å²) in [7, 11) is 1.81. The molecule has 1 heterocycles. The molecule has 112 valence electrons. The van der Waals surface area contributed by atoms with Crippen LogP contribution in [0.25, 0.3) is 11.3 Å². The Hall–Kier alpha value is -2.14. The smallest absolute Gasteiger partial charge is 0.271 e. The van der Waals surface area contributed by atoms with Gasteiger partial charge in [-0.05, 0) is 32.4 Å². The fourth-order valence-electron chi connectivity index (χ4n) is 1.96. The van der Waals surface area contributed by atoms with E-state index in [1.54, 1.807) is 24.6 Å². The highest BCUT2D eigenvalue weighted by molar-refractivity contribution is 5.93. The molecule has 5 heteroatoms. The van der Waals surface area contributed by atoms with Crippen molar-refractivity contribution < 1.29 is 9.90 Å². The van der Waals surface area contributed by atoms with Crippen LogP contribution in [0, 0.1) is 6.92 Å². The molecule has 0 saturated heterocycles. The van der Waals surface area contributed by atoms with E-state index in [1.807, 2.05) is 38.2 Å². The third-order valence-electron chi connectivity index (χ3n) is 3.14. The van der Waals surface area contributed by atoms with Crippen molar-refractivity contribution in [1.82, 2.24) is 15.1 Å². The Morgan fingerprint density at radius 3 is 2.52 bits per heavy atom. The van der Waals surface area contributed by atoms with Gasteiger partial charge in [-0.2, -0.15) is 5.10 Å². The molecule has 0 radical (unpaired) electrons. The van der Waals surface area contributed by atoms with E-state index in [1.165, 1.54) is 5.56 Å². The number of aliphatic hydroxyl groups is 1. The second kappa shape index (κ2) is 5.69. The lowest BCUT2D eigenvalue weighted by molar-refractivity contribution is 0.0691. The molecular formula is C16H21N3O2. The van der Waals surface area contributed by atoms with Crippen molar-refractivity contribution in [1.29, 1.82) is 0 Å². The summed E-state index contributed by atoms with van der Waals surface area (Å²) in [4.78, 5) is 12.0. The minimum absolute atomic E-state index is 0.183. The van der Waals surface area contributed by atoms with Crippen molar-refractivity contribution in [3.05, 3.63) is 41.6 Å². The molecule has 1 amide bonds. The molecule has 1 aromatic carbocycles. The number of carbonyl (C=O) groups is 1. The van der Waals surface area contributed by atoms with Gasteiger partial charge in [-0.25, -0.2) is 0 Å². The van der Waals surface area contributed by atoms with Crippen LogP contribution >= 0.6 is 0 Å². The summed E-state index contributed by atoms with van der Waals surface area (Å²) in [5.74, 6) is -0.286. The van der Waals surface area contributed by atoms with Gasteiger partial charge in [0.2, 0.25) is 0 Å². The van der Waals surface area contributed by atoms with Gasteiger partial charge in [0.1, 0.15) is 0 Å². The second-order valence-corrected chi connectivity index (χ2v) is 5.90. The van der Waals surface area contributed by atoms with Gasteiger partial charge in [0, 0.05) is 13.6 Å². The predicted octanol–water partition coefficient (Wildman–Crippen LogP) is 1.90. The maximum Gasteiger partial charge on any atom is 0.271 e. The summed E-state index contributed by atoms with van der Waals surface area (Å²) in [6.07, 6.45) is 0. The zero-order valence-corrected chi connectivity index (χ0v) is 12.8. The Morgan fingerprint density at radius 1 is 1.33 bits per heavy atom. The summed E-state index contributed by atoms with van der Waals surface area (Å²) >= 11 is 0. The van der Waals surface area contributed by atoms with Gasteiger partial charge in [0.25, 0.3) is 5.91 Å². The van der Waals surface area contributed by atoms with E-state index in [-0.39, 0.29) is 12.5 Å². The number of carbonyl (C=O) groups excluding carboxylic acids is 1. The van der Waals surface area contributed by atoms with Crippen LogP contribution in [0.1, 0.15) is 29.9 Å². The number of nitrogens with zero attached hydrogens (tertiary/aromatic N) is 2. The van der Waals surface area contributed by atoms with Crippen LogP contribution in [0.3, 0.4) is 0 Å². The number of nitrogens with one attached hydrogen (secondary N) is 1. The highest BCUT2D eigenvalue weighted by Crippen LogP contribution is 2.20. The Bertz CT molecular complexity index is 637. The first kappa shape index (κ1) is 15.3. The van der Waals surface area contributed by atoms with Gasteiger partial charge in [-0.15, -0.1) is 0 Å². The molecule has 0 unspecified atom stereocenters. The normalized spacial score (nSPS) is 11.5. The average Bonchev–Trinajstić information content (AvgIpc) is 2.78. The van der Waals surface area contributed by atoms with E-state index in [9.17, 15) is 9.90 Å². The van der Waals surface area contributed by atoms with Gasteiger partial charge in [0.05, 0.1) is 11.3 Å². The summed E-state index contributed by atoms with van der Waals surface area (Å²) < 4.78 is 1.68. The minimum Gasteiger partial charge on any atom is -0.389 e. The fraction of sp³-hybridized carbons (Fsp3) is 0.375. The molecule has 0 saturated carbocycles. The topological polar surface area (TPSA) is 67.2 Å². The summed E-state index contributed by atoms with van der Waals surface area (Å²) in [6, 6.07) is 9.81. The van der Waals surface area contributed by atoms with Crippen LogP contribution in [0.2, 0.25) is 0 Å². The zero-order chi connectivity index (χ0) is 15.6. The Kier molecular flexibility index (Phi) is 4.14. The SMILES string of the molecule is Cc1ccc(-c2cc(C(=O)NCC(C)(C)O)nn2C)cc1. The Morgan fingerprint density at radius 2 is 1.95 bits per heavy atom. The maximum absolute atomic E-state index is 12.0. The molecule has 0 atom stereocenters. The quantitative estimate of drug-likeness (QED) is 0.902. The molecule has 2 rings (SSSR count). The third-order valence-corrected chi connectivity index (χ3v) is 3.14. The first-order chi connectivity index (χ1) is 9.76. The van der Waals surface area contributed by atoms with Crippen molar-refractivity contribution >= 4 is 5.91 Å². The van der Waals surface area contributed by atoms with E-state index in [2.05, 4.69) is 10.4 Å². The molecule has 0 aliphatic heterocycles. The molecule has 21 heavy (non-hydrogen) atoms. The maximum atomic E-state index is 12.0. The van der Waals surface area contributed by atoms with E-state index in [0.29, 0.717) is 5.69 Å². The standard InChI is InChI=1S/C16H21N3O2/c1-11-5-7-12(8-6-11)14-9-13(18-19(14)4)15(20)17-10-16(2,3)21/h5-9,21H,10H2,1-4H3,(H,17,20). The van der Waals surface area contributed by atoms with E-state index < -0.39 is 5.60 Å². The van der Waals surface area contributed by atoms with Gasteiger partial charge < -0.3 is 10.4 Å². The molecule has 5 nitrogen and oxygen atoms in total. The predicted molar refractivity (Wildman–Crippen MR) is 82.0 cm³/mol. The lowest BCUT2D eigenvalue weighted by atomic mass is 10.1. The van der Waals surface area contributed by atoms with E-state index >= 15 is 0 Å². The number of benzene rings is 1. The van der Waals surface area contributed by atoms with Crippen molar-refractivity contribution in [2.24, 2.45) is 7.05 Å². The van der Waals surface area contributed by atoms with Crippen LogP contribution < -0.4 is 5.32 Å². The third kappa shape index (κ3) is 3.92. The number of hydrogen-bond acceptors (Lipinski definition) is 3. The molecule has 2 aromatic rings. The highest BCUT2D eigenvalue weighted by atomic mass is 16.3. The molecule has 0 aliphatic carbocycles. The molecular weight excluding hydrogens is 266 g/mol. The number of aromatic nitrogens is 2. The van der Waals surface area contributed by atoms with Crippen LogP contribution in [0.5, 0.6) is 0 Å². The first-order valence-corrected chi connectivity index (χ1v) is 6.88. The van der Waals surface area contributed by atoms with E-state index in [4.69, 9.17) is 0 Å². The van der Waals surface area contributed by atoms with Crippen molar-refractivity contribution in [2.75, 3.05) is 6.54 Å². The average molecular weight is 287 g/mol. The summed E-state index contributed by atoms with van der Waals surface area (Å²) in [5.41, 5.74) is 2.48. The van der Waals surface area contributed by atoms with Crippen LogP contribution in [0.4, 0.5) is 0 Å². The van der Waals surface area contributed by atoms with Gasteiger partial charge in [-0.3, -0.25) is 9.48 Å². The van der Waals surface area contributed by atoms with Crippen molar-refractivity contribution in [3.8, 4) is 11.3 Å². The molecule has 1 aromatic heterocycles. The van der Waals surface area contributed by atoms with Crippen molar-refractivity contribution in [2.45, 2.75) is 26.4 Å². The van der Waals surface area contributed by atoms with Crippen molar-refractivity contribution in [3.63, 3.8) is 0 Å². The van der Waals surface area contributed by atoms with E-state index in [0.717, 1.165) is 11.3 Å². The Labute approximate surface area is 124 Å². The molecule has 0 fully saturated rings. The summed E-state index contributed by atoms with van der Waals surface area (Å²) in [5, 5.41) is 16.5. The molecule has 2 N–H and O–H groups in total.